The van der Waals surface area contributed by atoms with Gasteiger partial charge in [0.05, 0.1) is 12.2 Å². The molecule has 4 N–H and O–H groups in total. The molecule has 1 fully saturated rings. The highest BCUT2D eigenvalue weighted by atomic mass is 16.3. The van der Waals surface area contributed by atoms with Crippen LogP contribution in [0.4, 0.5) is 15.3 Å². The smallest absolute Gasteiger partial charge is 0.321 e. The molecule has 4 aliphatic heterocycles. The summed E-state index contributed by atoms with van der Waals surface area (Å²) in [6, 6.07) is 33.7. The molecule has 300 valence electrons. The quantitative estimate of drug-likeness (QED) is 0.166. The second-order valence-corrected chi connectivity index (χ2v) is 16.6. The van der Waals surface area contributed by atoms with Crippen molar-refractivity contribution in [2.45, 2.75) is 75.7 Å². The Kier molecular flexibility index (Phi) is 12.5. The van der Waals surface area contributed by atoms with Crippen molar-refractivity contribution in [2.75, 3.05) is 63.8 Å². The molecule has 4 atom stereocenters. The van der Waals surface area contributed by atoms with Gasteiger partial charge in [0.25, 0.3) is 0 Å². The first-order valence-corrected chi connectivity index (χ1v) is 21.1. The van der Waals surface area contributed by atoms with Crippen molar-refractivity contribution in [3.05, 3.63) is 136 Å². The fraction of sp³-hybridized carbons (Fsp3) is 0.447. The van der Waals surface area contributed by atoms with E-state index in [1.807, 2.05) is 15.9 Å². The molecular formula is C47H58N6O4. The molecule has 0 saturated carbocycles. The monoisotopic (exact) mass is 770 g/mol. The molecule has 4 aliphatic rings. The molecule has 0 bridgehead atoms. The average Bonchev–Trinajstić information content (AvgIpc) is 3.48. The molecular weight excluding hydrogens is 713 g/mol. The van der Waals surface area contributed by atoms with Gasteiger partial charge in [0.15, 0.2) is 0 Å². The van der Waals surface area contributed by atoms with Gasteiger partial charge in [-0.25, -0.2) is 9.59 Å². The Bertz CT molecular complexity index is 1990. The maximum absolute atomic E-state index is 13.7. The molecule has 4 heterocycles. The minimum absolute atomic E-state index is 0.132. The van der Waals surface area contributed by atoms with Gasteiger partial charge >= 0.3 is 12.1 Å². The summed E-state index contributed by atoms with van der Waals surface area (Å²) < 4.78 is 0. The fourth-order valence-electron chi connectivity index (χ4n) is 9.48. The minimum Gasteiger partial charge on any atom is -0.390 e. The van der Waals surface area contributed by atoms with Gasteiger partial charge in [-0.2, -0.15) is 0 Å². The number of nitrogens with one attached hydrogen (secondary N) is 2. The van der Waals surface area contributed by atoms with E-state index in [-0.39, 0.29) is 37.0 Å². The zero-order chi connectivity index (χ0) is 39.1. The number of amides is 4. The fourth-order valence-corrected chi connectivity index (χ4v) is 9.48. The van der Waals surface area contributed by atoms with Crippen LogP contribution in [0.5, 0.6) is 0 Å². The zero-order valence-corrected chi connectivity index (χ0v) is 33.1. The summed E-state index contributed by atoms with van der Waals surface area (Å²) in [5.74, 6) is 0.322. The van der Waals surface area contributed by atoms with E-state index in [0.29, 0.717) is 32.7 Å². The van der Waals surface area contributed by atoms with Gasteiger partial charge in [0, 0.05) is 83.6 Å². The number of nitrogens with zero attached hydrogens (tertiary/aromatic N) is 4. The van der Waals surface area contributed by atoms with Crippen molar-refractivity contribution >= 4 is 17.7 Å². The van der Waals surface area contributed by atoms with Crippen molar-refractivity contribution in [1.29, 1.82) is 0 Å². The lowest BCUT2D eigenvalue weighted by molar-refractivity contribution is 0.103. The number of carbonyl (C=O) groups is 2. The number of likely N-dealkylation sites (tertiary alicyclic amines) is 1. The third-order valence-corrected chi connectivity index (χ3v) is 12.6. The first-order chi connectivity index (χ1) is 27.9. The van der Waals surface area contributed by atoms with E-state index in [0.717, 1.165) is 76.0 Å². The first-order valence-electron chi connectivity index (χ1n) is 21.1. The van der Waals surface area contributed by atoms with Crippen molar-refractivity contribution < 1.29 is 19.8 Å². The van der Waals surface area contributed by atoms with Crippen LogP contribution in [0.15, 0.2) is 97.1 Å². The van der Waals surface area contributed by atoms with Crippen LogP contribution >= 0.6 is 0 Å². The number of aliphatic hydroxyl groups is 2. The number of carbonyl (C=O) groups excluding carboxylic acids is 2. The summed E-state index contributed by atoms with van der Waals surface area (Å²) in [7, 11) is 0. The van der Waals surface area contributed by atoms with Gasteiger partial charge in [-0.05, 0) is 89.5 Å². The number of benzene rings is 4. The first kappa shape index (κ1) is 39.1. The Hall–Kier alpha value is -4.74. The largest absolute Gasteiger partial charge is 0.390 e. The summed E-state index contributed by atoms with van der Waals surface area (Å²) in [6.07, 6.45) is 4.11. The van der Waals surface area contributed by atoms with Gasteiger partial charge in [0.1, 0.15) is 0 Å². The second-order valence-electron chi connectivity index (χ2n) is 16.6. The number of fused-ring (bicyclic) bond motifs is 3. The number of aryl methyl sites for hydroxylation is 1. The summed E-state index contributed by atoms with van der Waals surface area (Å²) in [5.41, 5.74) is 9.87. The molecule has 4 unspecified atom stereocenters. The average molecular weight is 771 g/mol. The summed E-state index contributed by atoms with van der Waals surface area (Å²) in [4.78, 5) is 35.7. The van der Waals surface area contributed by atoms with Crippen LogP contribution in [0.2, 0.25) is 0 Å². The third kappa shape index (κ3) is 9.70. The Balaban J connectivity index is 0.890. The number of β-amino-alcohol motifs (C(OH)–C–C–N with tert-alkyl or cyclic N) is 2. The van der Waals surface area contributed by atoms with E-state index < -0.39 is 12.2 Å². The van der Waals surface area contributed by atoms with Crippen molar-refractivity contribution in [2.24, 2.45) is 0 Å². The van der Waals surface area contributed by atoms with Gasteiger partial charge in [-0.3, -0.25) is 14.7 Å². The topological polar surface area (TPSA) is 112 Å². The molecule has 1 saturated heterocycles. The Morgan fingerprint density at radius 2 is 1.21 bits per heavy atom. The van der Waals surface area contributed by atoms with E-state index in [1.54, 1.807) is 0 Å². The summed E-state index contributed by atoms with van der Waals surface area (Å²) in [5, 5.41) is 28.0. The highest BCUT2D eigenvalue weighted by Crippen LogP contribution is 2.39. The normalized spacial score (nSPS) is 21.0. The van der Waals surface area contributed by atoms with Crippen LogP contribution in [0.3, 0.4) is 0 Å². The molecule has 10 heteroatoms. The van der Waals surface area contributed by atoms with Gasteiger partial charge in [-0.15, -0.1) is 0 Å². The second kappa shape index (κ2) is 18.2. The third-order valence-electron chi connectivity index (χ3n) is 12.6. The van der Waals surface area contributed by atoms with Crippen LogP contribution in [0.25, 0.3) is 0 Å². The van der Waals surface area contributed by atoms with Gasteiger partial charge < -0.3 is 25.7 Å². The number of hydrogen-bond donors (Lipinski definition) is 4. The van der Waals surface area contributed by atoms with Crippen LogP contribution in [-0.4, -0.2) is 108 Å². The Labute approximate surface area is 337 Å². The lowest BCUT2D eigenvalue weighted by atomic mass is 9.83. The zero-order valence-electron chi connectivity index (χ0n) is 33.1. The molecule has 0 radical (unpaired) electrons. The molecule has 0 aliphatic carbocycles. The van der Waals surface area contributed by atoms with Crippen LogP contribution in [-0.2, 0) is 32.4 Å². The molecule has 4 aromatic rings. The van der Waals surface area contributed by atoms with E-state index >= 15 is 0 Å². The van der Waals surface area contributed by atoms with E-state index in [2.05, 4.69) is 111 Å². The standard InChI is InChI=1S/C47H58N6O4/c54-43(32-50-22-18-35-11-4-6-13-40(35)29-50)27-48-46(56)52-24-20-39(25-42(31-52)34-9-2-1-3-10-34)38-17-16-37-15-8-21-53(45(37)26-38)47(57)49-28-44(55)33-51-23-19-36-12-5-7-14-41(36)30-51/h1-7,9-14,16-17,26,39,42-44,54-55H,8,15,18-25,27-33H2,(H,48,56)(H,49,57). The number of hydrogen-bond acceptors (Lipinski definition) is 6. The number of urea groups is 2. The predicted octanol–water partition coefficient (Wildman–Crippen LogP) is 5.66. The molecule has 4 amide bonds. The summed E-state index contributed by atoms with van der Waals surface area (Å²) in [6.45, 7) is 6.70. The van der Waals surface area contributed by atoms with Crippen molar-refractivity contribution in [3.8, 4) is 0 Å². The molecule has 8 rings (SSSR count). The Morgan fingerprint density at radius 1 is 0.614 bits per heavy atom. The lowest BCUT2D eigenvalue weighted by Crippen LogP contribution is -2.47. The molecule has 10 nitrogen and oxygen atoms in total. The highest BCUT2D eigenvalue weighted by molar-refractivity contribution is 5.93. The molecule has 57 heavy (non-hydrogen) atoms. The number of aliphatic hydroxyl groups excluding tert-OH is 2. The van der Waals surface area contributed by atoms with Crippen LogP contribution in [0.1, 0.15) is 70.0 Å². The maximum atomic E-state index is 13.7. The lowest BCUT2D eigenvalue weighted by Gasteiger charge is -2.32. The molecule has 4 aromatic carbocycles. The Morgan fingerprint density at radius 3 is 1.86 bits per heavy atom. The van der Waals surface area contributed by atoms with Crippen LogP contribution < -0.4 is 15.5 Å². The minimum atomic E-state index is -0.660. The number of anilines is 1. The van der Waals surface area contributed by atoms with Crippen molar-refractivity contribution in [1.82, 2.24) is 25.3 Å². The van der Waals surface area contributed by atoms with Gasteiger partial charge in [-0.1, -0.05) is 91.0 Å². The van der Waals surface area contributed by atoms with Crippen molar-refractivity contribution in [3.63, 3.8) is 0 Å². The van der Waals surface area contributed by atoms with Crippen LogP contribution in [0, 0.1) is 0 Å². The molecule has 0 aromatic heterocycles. The predicted molar refractivity (Wildman–Crippen MR) is 224 cm³/mol. The van der Waals surface area contributed by atoms with E-state index in [1.165, 1.54) is 33.4 Å². The van der Waals surface area contributed by atoms with E-state index in [9.17, 15) is 19.8 Å². The maximum Gasteiger partial charge on any atom is 0.321 e. The van der Waals surface area contributed by atoms with E-state index in [4.69, 9.17) is 0 Å². The highest BCUT2D eigenvalue weighted by Gasteiger charge is 2.31. The molecule has 0 spiro atoms. The van der Waals surface area contributed by atoms with Gasteiger partial charge in [0.2, 0.25) is 0 Å². The number of rotatable bonds is 10. The summed E-state index contributed by atoms with van der Waals surface area (Å²) >= 11 is 0. The SMILES string of the molecule is O=C(NCC(O)CN1CCc2ccccc2C1)N1CCC(c2ccc3c(c2)N(C(=O)NCC(O)CN2CCc4ccccc4C2)CCC3)CC(c2ccccc2)C1.